The molecule has 0 spiro atoms. The largest absolute Gasteiger partial charge is 0.394 e. The molecular weight excluding hydrogens is 304 g/mol. The van der Waals surface area contributed by atoms with Gasteiger partial charge in [-0.1, -0.05) is 27.2 Å². The monoisotopic (exact) mass is 340 g/mol. The minimum absolute atomic E-state index is 0.168. The molecule has 2 aliphatic carbocycles. The maximum atomic E-state index is 11.1. The highest BCUT2D eigenvalue weighted by molar-refractivity contribution is 5.14. The summed E-state index contributed by atoms with van der Waals surface area (Å²) in [6.45, 7) is 10.7. The number of fused-ring (bicyclic) bond motifs is 3. The molecule has 3 aliphatic rings. The molecule has 0 aromatic carbocycles. The summed E-state index contributed by atoms with van der Waals surface area (Å²) < 4.78 is 6.45. The van der Waals surface area contributed by atoms with E-state index < -0.39 is 23.4 Å². The van der Waals surface area contributed by atoms with E-state index in [0.29, 0.717) is 5.92 Å². The maximum Gasteiger partial charge on any atom is 0.106 e. The van der Waals surface area contributed by atoms with Crippen LogP contribution in [0.1, 0.15) is 73.1 Å². The van der Waals surface area contributed by atoms with Gasteiger partial charge in [-0.3, -0.25) is 0 Å². The Morgan fingerprint density at radius 1 is 1.04 bits per heavy atom. The Bertz CT molecular complexity index is 492. The predicted molar refractivity (Wildman–Crippen MR) is 93.6 cm³/mol. The van der Waals surface area contributed by atoms with Crippen molar-refractivity contribution in [1.29, 1.82) is 0 Å². The Morgan fingerprint density at radius 3 is 2.33 bits per heavy atom. The Hall–Kier alpha value is -0.160. The fourth-order valence-electron chi connectivity index (χ4n) is 6.68. The lowest BCUT2D eigenvalue weighted by atomic mass is 9.43. The predicted octanol–water partition coefficient (Wildman–Crippen LogP) is 2.88. The highest BCUT2D eigenvalue weighted by atomic mass is 16.6. The summed E-state index contributed by atoms with van der Waals surface area (Å²) >= 11 is 0. The van der Waals surface area contributed by atoms with Crippen LogP contribution in [0, 0.1) is 22.7 Å². The molecule has 4 nitrogen and oxygen atoms in total. The van der Waals surface area contributed by atoms with Crippen LogP contribution in [0.25, 0.3) is 0 Å². The lowest BCUT2D eigenvalue weighted by molar-refractivity contribution is -0.317. The summed E-state index contributed by atoms with van der Waals surface area (Å²) in [5.74, 6) is 0.792. The average molecular weight is 341 g/mol. The normalized spacial score (nSPS) is 52.2. The first-order chi connectivity index (χ1) is 11.0. The van der Waals surface area contributed by atoms with Gasteiger partial charge in [-0.25, -0.2) is 0 Å². The van der Waals surface area contributed by atoms with E-state index in [0.717, 1.165) is 19.3 Å². The van der Waals surface area contributed by atoms with E-state index in [1.807, 2.05) is 13.8 Å². The van der Waals surface area contributed by atoms with Gasteiger partial charge in [0.15, 0.2) is 0 Å². The van der Waals surface area contributed by atoms with Crippen molar-refractivity contribution in [2.24, 2.45) is 22.7 Å². The SMILES string of the molecule is CC1(C)CCC[C@@]2(C)[C@@H]1C[C@H](O)[C@@]1(C)O[C@@](C)([C@H](O)CO)CC[C@H]21. The van der Waals surface area contributed by atoms with Crippen molar-refractivity contribution >= 4 is 0 Å². The van der Waals surface area contributed by atoms with Gasteiger partial charge in [-0.05, 0) is 68.6 Å². The lowest BCUT2D eigenvalue weighted by Gasteiger charge is -2.66. The second-order valence-electron chi connectivity index (χ2n) is 10.0. The highest BCUT2D eigenvalue weighted by Gasteiger charge is 2.65. The van der Waals surface area contributed by atoms with Crippen LogP contribution in [-0.2, 0) is 4.74 Å². The molecule has 0 radical (unpaired) electrons. The van der Waals surface area contributed by atoms with Crippen LogP contribution in [0.2, 0.25) is 0 Å². The fraction of sp³-hybridized carbons (Fsp3) is 1.00. The van der Waals surface area contributed by atoms with Crippen LogP contribution in [-0.4, -0.2) is 45.3 Å². The minimum Gasteiger partial charge on any atom is -0.394 e. The second-order valence-corrected chi connectivity index (χ2v) is 10.0. The van der Waals surface area contributed by atoms with Crippen LogP contribution in [0.3, 0.4) is 0 Å². The molecular formula is C20H36O4. The van der Waals surface area contributed by atoms with Crippen molar-refractivity contribution in [2.75, 3.05) is 6.61 Å². The van der Waals surface area contributed by atoms with Gasteiger partial charge in [-0.15, -0.1) is 0 Å². The first-order valence-electron chi connectivity index (χ1n) is 9.67. The molecule has 0 unspecified atom stereocenters. The lowest BCUT2D eigenvalue weighted by Crippen LogP contribution is -2.69. The first-order valence-corrected chi connectivity index (χ1v) is 9.67. The molecule has 3 fully saturated rings. The molecule has 1 saturated heterocycles. The van der Waals surface area contributed by atoms with Crippen LogP contribution >= 0.6 is 0 Å². The van der Waals surface area contributed by atoms with E-state index in [1.165, 1.54) is 19.3 Å². The summed E-state index contributed by atoms with van der Waals surface area (Å²) in [4.78, 5) is 0. The standard InChI is InChI=1S/C20H36O4/c1-17(2)8-6-9-18(3)13-7-10-19(4,16(23)12-21)24-20(13,5)15(22)11-14(17)18/h13-16,21-23H,6-12H2,1-5H3/t13-,14-,15+,16-,18-,19-,20+/m1/s1. The molecule has 2 saturated carbocycles. The number of ether oxygens (including phenoxy) is 1. The molecule has 0 bridgehead atoms. The van der Waals surface area contributed by atoms with E-state index in [4.69, 9.17) is 4.74 Å². The van der Waals surface area contributed by atoms with Crippen molar-refractivity contribution in [3.05, 3.63) is 0 Å². The number of hydrogen-bond acceptors (Lipinski definition) is 4. The molecule has 0 aromatic rings. The van der Waals surface area contributed by atoms with Gasteiger partial charge in [0.25, 0.3) is 0 Å². The Kier molecular flexibility index (Phi) is 4.40. The molecule has 0 amide bonds. The van der Waals surface area contributed by atoms with Gasteiger partial charge >= 0.3 is 0 Å². The topological polar surface area (TPSA) is 69.9 Å². The van der Waals surface area contributed by atoms with Crippen LogP contribution < -0.4 is 0 Å². The van der Waals surface area contributed by atoms with E-state index in [2.05, 4.69) is 20.8 Å². The van der Waals surface area contributed by atoms with Gasteiger partial charge in [-0.2, -0.15) is 0 Å². The Labute approximate surface area is 146 Å². The van der Waals surface area contributed by atoms with E-state index in [1.54, 1.807) is 0 Å². The van der Waals surface area contributed by atoms with E-state index in [9.17, 15) is 15.3 Å². The fourth-order valence-corrected chi connectivity index (χ4v) is 6.68. The Morgan fingerprint density at radius 2 is 1.71 bits per heavy atom. The van der Waals surface area contributed by atoms with E-state index in [-0.39, 0.29) is 23.4 Å². The molecule has 7 atom stereocenters. The van der Waals surface area contributed by atoms with Crippen LogP contribution in [0.15, 0.2) is 0 Å². The van der Waals surface area contributed by atoms with Crippen LogP contribution in [0.4, 0.5) is 0 Å². The third kappa shape index (κ3) is 2.48. The number of aliphatic hydroxyl groups is 3. The minimum atomic E-state index is -0.907. The summed E-state index contributed by atoms with van der Waals surface area (Å²) in [7, 11) is 0. The van der Waals surface area contributed by atoms with Crippen molar-refractivity contribution in [1.82, 2.24) is 0 Å². The number of rotatable bonds is 2. The molecule has 4 heteroatoms. The molecule has 140 valence electrons. The Balaban J connectivity index is 1.97. The number of aliphatic hydroxyl groups excluding tert-OH is 3. The van der Waals surface area contributed by atoms with Crippen molar-refractivity contribution in [3.63, 3.8) is 0 Å². The molecule has 1 heterocycles. The van der Waals surface area contributed by atoms with Gasteiger partial charge < -0.3 is 20.1 Å². The average Bonchev–Trinajstić information content (AvgIpc) is 2.48. The third-order valence-corrected chi connectivity index (χ3v) is 8.14. The summed E-state index contributed by atoms with van der Waals surface area (Å²) in [5, 5.41) is 30.7. The number of hydrogen-bond donors (Lipinski definition) is 3. The molecule has 1 aliphatic heterocycles. The van der Waals surface area contributed by atoms with Crippen LogP contribution in [0.5, 0.6) is 0 Å². The molecule has 3 N–H and O–H groups in total. The summed E-state index contributed by atoms with van der Waals surface area (Å²) in [6.07, 6.45) is 4.65. The zero-order chi connectivity index (χ0) is 18.0. The van der Waals surface area contributed by atoms with Gasteiger partial charge in [0, 0.05) is 0 Å². The molecule has 24 heavy (non-hydrogen) atoms. The molecule has 3 rings (SSSR count). The van der Waals surface area contributed by atoms with Crippen molar-refractivity contribution in [2.45, 2.75) is 96.6 Å². The first kappa shape index (κ1) is 18.6. The zero-order valence-corrected chi connectivity index (χ0v) is 16.0. The van der Waals surface area contributed by atoms with Crippen molar-refractivity contribution < 1.29 is 20.1 Å². The maximum absolute atomic E-state index is 11.1. The molecule has 0 aromatic heterocycles. The second kappa shape index (κ2) is 5.67. The third-order valence-electron chi connectivity index (χ3n) is 8.14. The van der Waals surface area contributed by atoms with Crippen molar-refractivity contribution in [3.8, 4) is 0 Å². The van der Waals surface area contributed by atoms with Gasteiger partial charge in [0.1, 0.15) is 6.10 Å². The summed E-state index contributed by atoms with van der Waals surface area (Å²) in [6, 6.07) is 0. The van der Waals surface area contributed by atoms with E-state index >= 15 is 0 Å². The highest BCUT2D eigenvalue weighted by Crippen LogP contribution is 2.65. The summed E-state index contributed by atoms with van der Waals surface area (Å²) in [5.41, 5.74) is -1.02. The zero-order valence-electron chi connectivity index (χ0n) is 16.0. The quantitative estimate of drug-likeness (QED) is 0.723. The van der Waals surface area contributed by atoms with Gasteiger partial charge in [0.2, 0.25) is 0 Å². The van der Waals surface area contributed by atoms with Gasteiger partial charge in [0.05, 0.1) is 23.9 Å². The smallest absolute Gasteiger partial charge is 0.106 e.